The normalized spacial score (nSPS) is 14.7. The molecule has 0 N–H and O–H groups in total. The molecule has 0 unspecified atom stereocenters. The van der Waals surface area contributed by atoms with Crippen molar-refractivity contribution < 1.29 is 9.47 Å². The van der Waals surface area contributed by atoms with Crippen LogP contribution in [-0.4, -0.2) is 0 Å². The number of anilines is 3. The van der Waals surface area contributed by atoms with Gasteiger partial charge < -0.3 is 14.4 Å². The maximum absolute atomic E-state index is 6.80. The minimum Gasteiger partial charge on any atom is -0.457 e. The summed E-state index contributed by atoms with van der Waals surface area (Å²) in [4.78, 5) is 2.52. The fourth-order valence-electron chi connectivity index (χ4n) is 15.9. The molecule has 13 aromatic carbocycles. The van der Waals surface area contributed by atoms with Gasteiger partial charge in [0.2, 0.25) is 0 Å². The van der Waals surface area contributed by atoms with Crippen molar-refractivity contribution in [2.24, 2.45) is 0 Å². The van der Waals surface area contributed by atoms with Crippen molar-refractivity contribution in [1.29, 1.82) is 0 Å². The minimum absolute atomic E-state index is 0.506. The van der Waals surface area contributed by atoms with Crippen LogP contribution in [0.15, 0.2) is 309 Å². The Morgan fingerprint density at radius 2 is 0.619 bits per heavy atom. The summed E-state index contributed by atoms with van der Waals surface area (Å²) < 4.78 is 13.5. The molecule has 392 valence electrons. The first-order valence-corrected chi connectivity index (χ1v) is 29.1. The van der Waals surface area contributed by atoms with Crippen molar-refractivity contribution in [3.8, 4) is 67.5 Å². The monoisotopic (exact) mass is 1070 g/mol. The zero-order valence-electron chi connectivity index (χ0n) is 45.7. The van der Waals surface area contributed by atoms with Crippen LogP contribution in [0.2, 0.25) is 0 Å². The summed E-state index contributed by atoms with van der Waals surface area (Å²) in [5.74, 6) is 3.51. The van der Waals surface area contributed by atoms with Crippen molar-refractivity contribution in [3.63, 3.8) is 0 Å². The number of hydrogen-bond donors (Lipinski definition) is 0. The molecule has 3 aliphatic carbocycles. The second kappa shape index (κ2) is 17.6. The van der Waals surface area contributed by atoms with Crippen molar-refractivity contribution in [2.45, 2.75) is 16.2 Å². The summed E-state index contributed by atoms with van der Waals surface area (Å²) in [7, 11) is 0. The number of benzene rings is 13. The van der Waals surface area contributed by atoms with Gasteiger partial charge in [0, 0.05) is 39.2 Å². The van der Waals surface area contributed by atoms with Crippen LogP contribution in [0.1, 0.15) is 66.8 Å². The van der Waals surface area contributed by atoms with Gasteiger partial charge in [-0.25, -0.2) is 0 Å². The zero-order chi connectivity index (χ0) is 55.1. The largest absolute Gasteiger partial charge is 0.457 e. The predicted molar refractivity (Wildman–Crippen MR) is 339 cm³/mol. The highest BCUT2D eigenvalue weighted by Gasteiger charge is 2.54. The molecular formula is C81H51NO2. The van der Waals surface area contributed by atoms with Crippen molar-refractivity contribution in [2.75, 3.05) is 4.90 Å². The molecule has 0 saturated carbocycles. The van der Waals surface area contributed by atoms with E-state index in [9.17, 15) is 0 Å². The second-order valence-corrected chi connectivity index (χ2v) is 22.9. The molecule has 3 heteroatoms. The van der Waals surface area contributed by atoms with E-state index in [1.165, 1.54) is 83.5 Å². The molecule has 84 heavy (non-hydrogen) atoms. The van der Waals surface area contributed by atoms with E-state index in [4.69, 9.17) is 9.47 Å². The SMILES string of the molecule is c1ccc(C2(c3ccccc3)c3ccccc3-c3ccc(-c4ccc(N(c5ccc6c(c5)-c5ccccc5C65c6ccccc6Oc6ccccc65)c5cccc6c5-c5ccccc5C65c6ccccc6Oc6ccccc65)cc4)cc32)cc1. The number of fused-ring (bicyclic) bond motifs is 21. The second-order valence-electron chi connectivity index (χ2n) is 22.9. The molecule has 3 nitrogen and oxygen atoms in total. The molecule has 0 fully saturated rings. The lowest BCUT2D eigenvalue weighted by Crippen LogP contribution is -2.32. The first-order chi connectivity index (χ1) is 41.7. The topological polar surface area (TPSA) is 21.7 Å². The quantitative estimate of drug-likeness (QED) is 0.166. The lowest BCUT2D eigenvalue weighted by molar-refractivity contribution is 0.436. The van der Waals surface area contributed by atoms with Gasteiger partial charge in [0.05, 0.1) is 21.9 Å². The van der Waals surface area contributed by atoms with Crippen molar-refractivity contribution in [1.82, 2.24) is 0 Å². The van der Waals surface area contributed by atoms with Gasteiger partial charge in [-0.05, 0) is 144 Å². The third-order valence-corrected chi connectivity index (χ3v) is 19.1. The Kier molecular flexibility index (Phi) is 9.86. The molecule has 0 saturated heterocycles. The number of hydrogen-bond acceptors (Lipinski definition) is 3. The lowest BCUT2D eigenvalue weighted by atomic mass is 9.66. The predicted octanol–water partition coefficient (Wildman–Crippen LogP) is 20.1. The summed E-state index contributed by atoms with van der Waals surface area (Å²) in [5, 5.41) is 0. The highest BCUT2D eigenvalue weighted by Crippen LogP contribution is 2.66. The van der Waals surface area contributed by atoms with Gasteiger partial charge in [-0.1, -0.05) is 249 Å². The summed E-state index contributed by atoms with van der Waals surface area (Å²) in [6.45, 7) is 0. The van der Waals surface area contributed by atoms with E-state index >= 15 is 0 Å². The van der Waals surface area contributed by atoms with E-state index in [1.54, 1.807) is 0 Å². The van der Waals surface area contributed by atoms with E-state index in [2.05, 4.69) is 314 Å². The Labute approximate surface area is 488 Å². The van der Waals surface area contributed by atoms with E-state index in [1.807, 2.05) is 0 Å². The Hall–Kier alpha value is -10.7. The van der Waals surface area contributed by atoms with Crippen LogP contribution in [0.4, 0.5) is 17.1 Å². The van der Waals surface area contributed by atoms with Crippen LogP contribution in [0.25, 0.3) is 44.5 Å². The molecular weight excluding hydrogens is 1020 g/mol. The Morgan fingerprint density at radius 3 is 1.18 bits per heavy atom. The van der Waals surface area contributed by atoms with Gasteiger partial charge in [-0.3, -0.25) is 0 Å². The van der Waals surface area contributed by atoms with Crippen LogP contribution >= 0.6 is 0 Å². The maximum Gasteiger partial charge on any atom is 0.132 e. The van der Waals surface area contributed by atoms with Gasteiger partial charge in [-0.15, -0.1) is 0 Å². The third kappa shape index (κ3) is 6.09. The van der Waals surface area contributed by atoms with Crippen LogP contribution in [-0.2, 0) is 16.2 Å². The zero-order valence-corrected chi connectivity index (χ0v) is 45.7. The Morgan fingerprint density at radius 1 is 0.226 bits per heavy atom. The molecule has 2 aliphatic heterocycles. The number of nitrogens with zero attached hydrogens (tertiary/aromatic N) is 1. The van der Waals surface area contributed by atoms with Crippen molar-refractivity contribution in [3.05, 3.63) is 376 Å². The van der Waals surface area contributed by atoms with E-state index in [0.717, 1.165) is 67.9 Å². The minimum atomic E-state index is -0.641. The van der Waals surface area contributed by atoms with E-state index < -0.39 is 16.2 Å². The van der Waals surface area contributed by atoms with E-state index in [-0.39, 0.29) is 0 Å². The van der Waals surface area contributed by atoms with Gasteiger partial charge in [0.1, 0.15) is 23.0 Å². The Balaban J connectivity index is 0.865. The highest BCUT2D eigenvalue weighted by molar-refractivity contribution is 6.00. The fraction of sp³-hybridized carbons (Fsp3) is 0.0370. The summed E-state index contributed by atoms with van der Waals surface area (Å²) in [6.07, 6.45) is 0. The smallest absolute Gasteiger partial charge is 0.132 e. The highest BCUT2D eigenvalue weighted by atomic mass is 16.5. The molecule has 13 aromatic rings. The van der Waals surface area contributed by atoms with Gasteiger partial charge >= 0.3 is 0 Å². The summed E-state index contributed by atoms with van der Waals surface area (Å²) in [6, 6.07) is 114. The molecule has 5 aliphatic rings. The third-order valence-electron chi connectivity index (χ3n) is 19.1. The number of para-hydroxylation sites is 4. The molecule has 0 atom stereocenters. The van der Waals surface area contributed by atoms with Crippen LogP contribution in [0, 0.1) is 0 Å². The molecule has 2 spiro atoms. The van der Waals surface area contributed by atoms with Crippen LogP contribution in [0.3, 0.4) is 0 Å². The summed E-state index contributed by atoms with van der Waals surface area (Å²) >= 11 is 0. The average Bonchev–Trinajstić information content (AvgIpc) is 1.56. The molecule has 2 heterocycles. The number of ether oxygens (including phenoxy) is 2. The molecule has 18 rings (SSSR count). The molecule has 0 radical (unpaired) electrons. The average molecular weight is 1070 g/mol. The lowest BCUT2D eigenvalue weighted by Gasteiger charge is -2.39. The Bertz CT molecular complexity index is 4730. The van der Waals surface area contributed by atoms with Crippen LogP contribution < -0.4 is 14.4 Å². The fourth-order valence-corrected chi connectivity index (χ4v) is 15.9. The van der Waals surface area contributed by atoms with Gasteiger partial charge in [-0.2, -0.15) is 0 Å². The molecule has 0 bridgehead atoms. The number of rotatable bonds is 6. The summed E-state index contributed by atoms with van der Waals surface area (Å²) in [5.41, 5.74) is 25.8. The first-order valence-electron chi connectivity index (χ1n) is 29.1. The van der Waals surface area contributed by atoms with Crippen LogP contribution in [0.5, 0.6) is 23.0 Å². The van der Waals surface area contributed by atoms with Crippen molar-refractivity contribution >= 4 is 17.1 Å². The maximum atomic E-state index is 6.80. The first kappa shape index (κ1) is 47.0. The molecule has 0 amide bonds. The standard InChI is InChI=1S/C81H51NO2/c1-3-22-54(23-4-1)79(55-24-5-2-6-25-55)63-29-10-7-26-58(63)60-48-44-53(50-72(60)79)52-42-45-56(46-43-52)82(57-47-49-66-62(51-57)59-27-8-11-30-64(59)80(66)67-32-13-17-38-74(67)83-75-39-18-14-33-68(75)80)73-37-21-36-71-78(73)61-28-9-12-31-65(61)81(71)69-34-15-19-40-76(69)84-77-41-20-16-35-70(77)81/h1-51H. The van der Waals surface area contributed by atoms with Gasteiger partial charge in [0.25, 0.3) is 0 Å². The van der Waals surface area contributed by atoms with Gasteiger partial charge in [0.15, 0.2) is 0 Å². The van der Waals surface area contributed by atoms with E-state index in [0.29, 0.717) is 0 Å². The molecule has 0 aromatic heterocycles.